The van der Waals surface area contributed by atoms with Crippen LogP contribution in [0.25, 0.3) is 0 Å². The summed E-state index contributed by atoms with van der Waals surface area (Å²) in [5.41, 5.74) is 0. The van der Waals surface area contributed by atoms with Crippen molar-refractivity contribution < 1.29 is 20.1 Å². The van der Waals surface area contributed by atoms with Gasteiger partial charge in [0.05, 0.1) is 12.2 Å². The van der Waals surface area contributed by atoms with Gasteiger partial charge in [-0.3, -0.25) is 0 Å². The Morgan fingerprint density at radius 3 is 1.55 bits per heavy atom. The zero-order chi connectivity index (χ0) is 9.02. The normalized spacial score (nSPS) is 22.4. The quantitative estimate of drug-likeness (QED) is 0.505. The van der Waals surface area contributed by atoms with Gasteiger partial charge >= 0.3 is 0 Å². The zero-order valence-electron chi connectivity index (χ0n) is 7.06. The summed E-state index contributed by atoms with van der Waals surface area (Å²) in [6.45, 7) is 2.94. The summed E-state index contributed by atoms with van der Waals surface area (Å²) < 4.78 is 4.77. The summed E-state index contributed by atoms with van der Waals surface area (Å²) in [6.07, 6.45) is -3.45. The molecule has 0 saturated heterocycles. The third kappa shape index (κ3) is 3.16. The topological polar surface area (TPSA) is 69.9 Å². The van der Waals surface area contributed by atoms with Crippen molar-refractivity contribution in [2.45, 2.75) is 38.3 Å². The Bertz CT molecular complexity index is 103. The molecule has 3 N–H and O–H groups in total. The molecule has 4 nitrogen and oxygen atoms in total. The van der Waals surface area contributed by atoms with Gasteiger partial charge in [0.2, 0.25) is 0 Å². The second-order valence-electron chi connectivity index (χ2n) is 2.67. The van der Waals surface area contributed by atoms with Gasteiger partial charge in [0.25, 0.3) is 0 Å². The molecular formula is C7H16O4. The number of hydrogen-bond acceptors (Lipinski definition) is 4. The number of rotatable bonds is 4. The monoisotopic (exact) mass is 164 g/mol. The smallest absolute Gasteiger partial charge is 0.111 e. The first-order valence-electron chi connectivity index (χ1n) is 3.57. The summed E-state index contributed by atoms with van der Waals surface area (Å²) in [6, 6.07) is 0. The van der Waals surface area contributed by atoms with Gasteiger partial charge < -0.3 is 20.1 Å². The molecule has 0 aromatic heterocycles. The molecule has 0 aromatic rings. The molecule has 0 rings (SSSR count). The zero-order valence-corrected chi connectivity index (χ0v) is 7.06. The Morgan fingerprint density at radius 1 is 1.00 bits per heavy atom. The van der Waals surface area contributed by atoms with Crippen LogP contribution in [0.1, 0.15) is 13.8 Å². The first kappa shape index (κ1) is 10.8. The molecule has 68 valence electrons. The van der Waals surface area contributed by atoms with Gasteiger partial charge in [0.1, 0.15) is 12.2 Å². The van der Waals surface area contributed by atoms with Crippen molar-refractivity contribution in [3.8, 4) is 0 Å². The van der Waals surface area contributed by atoms with Crippen LogP contribution >= 0.6 is 0 Å². The minimum atomic E-state index is -1.04. The van der Waals surface area contributed by atoms with E-state index in [9.17, 15) is 5.11 Å². The van der Waals surface area contributed by atoms with E-state index in [1.165, 1.54) is 21.0 Å². The molecule has 0 amide bonds. The van der Waals surface area contributed by atoms with Crippen molar-refractivity contribution in [2.75, 3.05) is 7.11 Å². The van der Waals surface area contributed by atoms with Gasteiger partial charge in [-0.2, -0.15) is 0 Å². The lowest BCUT2D eigenvalue weighted by Crippen LogP contribution is -2.43. The van der Waals surface area contributed by atoms with Crippen LogP contribution in [0.2, 0.25) is 0 Å². The van der Waals surface area contributed by atoms with E-state index in [0.717, 1.165) is 0 Å². The highest BCUT2D eigenvalue weighted by Crippen LogP contribution is 2.07. The maximum Gasteiger partial charge on any atom is 0.111 e. The second-order valence-corrected chi connectivity index (χ2v) is 2.67. The molecule has 4 atom stereocenters. The summed E-state index contributed by atoms with van der Waals surface area (Å²) in [7, 11) is 1.38. The summed E-state index contributed by atoms with van der Waals surface area (Å²) >= 11 is 0. The van der Waals surface area contributed by atoms with E-state index in [2.05, 4.69) is 0 Å². The molecule has 4 unspecified atom stereocenters. The standard InChI is InChI=1S/C7H16O4/c1-4(8)6(10)7(11-3)5(2)9/h4-10H,1-3H3. The maximum absolute atomic E-state index is 9.22. The van der Waals surface area contributed by atoms with Crippen LogP contribution < -0.4 is 0 Å². The average Bonchev–Trinajstić information content (AvgIpc) is 1.88. The van der Waals surface area contributed by atoms with Gasteiger partial charge in [-0.25, -0.2) is 0 Å². The van der Waals surface area contributed by atoms with Crippen LogP contribution in [-0.2, 0) is 4.74 Å². The lowest BCUT2D eigenvalue weighted by Gasteiger charge is -2.25. The van der Waals surface area contributed by atoms with Gasteiger partial charge in [-0.05, 0) is 13.8 Å². The second kappa shape index (κ2) is 4.66. The maximum atomic E-state index is 9.22. The predicted octanol–water partition coefficient (Wildman–Crippen LogP) is -0.876. The van der Waals surface area contributed by atoms with E-state index in [1.54, 1.807) is 0 Å². The average molecular weight is 164 g/mol. The van der Waals surface area contributed by atoms with E-state index in [-0.39, 0.29) is 0 Å². The van der Waals surface area contributed by atoms with Crippen molar-refractivity contribution in [3.63, 3.8) is 0 Å². The molecule has 0 aliphatic heterocycles. The van der Waals surface area contributed by atoms with Gasteiger partial charge in [-0.15, -0.1) is 0 Å². The third-order valence-corrected chi connectivity index (χ3v) is 1.58. The Morgan fingerprint density at radius 2 is 1.45 bits per heavy atom. The van der Waals surface area contributed by atoms with Gasteiger partial charge in [0.15, 0.2) is 0 Å². The lowest BCUT2D eigenvalue weighted by molar-refractivity contribution is -0.111. The molecule has 0 fully saturated rings. The molecule has 4 heteroatoms. The number of methoxy groups -OCH3 is 1. The summed E-state index contributed by atoms with van der Waals surface area (Å²) in [5.74, 6) is 0. The first-order chi connectivity index (χ1) is 5.00. The van der Waals surface area contributed by atoms with E-state index in [4.69, 9.17) is 14.9 Å². The fourth-order valence-electron chi connectivity index (χ4n) is 0.896. The lowest BCUT2D eigenvalue weighted by atomic mass is 10.1. The minimum absolute atomic E-state index is 0.727. The fourth-order valence-corrected chi connectivity index (χ4v) is 0.896. The Kier molecular flexibility index (Phi) is 4.60. The Labute approximate surface area is 66.4 Å². The van der Waals surface area contributed by atoms with Crippen LogP contribution in [0.4, 0.5) is 0 Å². The molecule has 0 aromatic carbocycles. The molecule has 0 aliphatic rings. The van der Waals surface area contributed by atoms with Crippen molar-refractivity contribution in [1.82, 2.24) is 0 Å². The van der Waals surface area contributed by atoms with Gasteiger partial charge in [-0.1, -0.05) is 0 Å². The van der Waals surface area contributed by atoms with Crippen molar-refractivity contribution in [2.24, 2.45) is 0 Å². The summed E-state index contributed by atoms with van der Waals surface area (Å²) in [5, 5.41) is 27.2. The van der Waals surface area contributed by atoms with Gasteiger partial charge in [0, 0.05) is 7.11 Å². The third-order valence-electron chi connectivity index (χ3n) is 1.58. The van der Waals surface area contributed by atoms with Crippen LogP contribution in [0.5, 0.6) is 0 Å². The van der Waals surface area contributed by atoms with Crippen LogP contribution in [0.15, 0.2) is 0 Å². The van der Waals surface area contributed by atoms with E-state index in [1.807, 2.05) is 0 Å². The molecule has 0 aliphatic carbocycles. The first-order valence-corrected chi connectivity index (χ1v) is 3.57. The van der Waals surface area contributed by atoms with E-state index >= 15 is 0 Å². The molecule has 0 spiro atoms. The van der Waals surface area contributed by atoms with E-state index in [0.29, 0.717) is 0 Å². The molecule has 0 heterocycles. The molecule has 11 heavy (non-hydrogen) atoms. The molecule has 0 radical (unpaired) electrons. The van der Waals surface area contributed by atoms with Crippen LogP contribution in [-0.4, -0.2) is 46.8 Å². The van der Waals surface area contributed by atoms with Crippen molar-refractivity contribution in [1.29, 1.82) is 0 Å². The van der Waals surface area contributed by atoms with Crippen LogP contribution in [0.3, 0.4) is 0 Å². The molecule has 0 saturated carbocycles. The number of hydrogen-bond donors (Lipinski definition) is 3. The number of aliphatic hydroxyl groups is 3. The Hall–Kier alpha value is -0.160. The molecule has 0 bridgehead atoms. The fraction of sp³-hybridized carbons (Fsp3) is 1.00. The number of ether oxygens (including phenoxy) is 1. The van der Waals surface area contributed by atoms with E-state index < -0.39 is 24.4 Å². The largest absolute Gasteiger partial charge is 0.391 e. The number of aliphatic hydroxyl groups excluding tert-OH is 3. The van der Waals surface area contributed by atoms with Crippen LogP contribution in [0, 0.1) is 0 Å². The molecular weight excluding hydrogens is 148 g/mol. The Balaban J connectivity index is 4.02. The summed E-state index contributed by atoms with van der Waals surface area (Å²) in [4.78, 5) is 0. The highest BCUT2D eigenvalue weighted by molar-refractivity contribution is 4.77. The SMILES string of the molecule is COC(C(C)O)C(O)C(C)O. The minimum Gasteiger partial charge on any atom is -0.391 e. The van der Waals surface area contributed by atoms with Crippen molar-refractivity contribution in [3.05, 3.63) is 0 Å². The predicted molar refractivity (Wildman–Crippen MR) is 40.2 cm³/mol. The highest BCUT2D eigenvalue weighted by Gasteiger charge is 2.26. The highest BCUT2D eigenvalue weighted by atomic mass is 16.5. The van der Waals surface area contributed by atoms with Crippen molar-refractivity contribution >= 4 is 0 Å².